The standard InChI is InChI=1S/C17H27NO2/c1-17(2,3)12-6-5-7-16(19)18-13-14-8-10-15(20-4)11-9-14/h8-11H,5-7,12-13H2,1-4H3,(H,18,19). The van der Waals surface area contributed by atoms with Crippen molar-refractivity contribution in [1.29, 1.82) is 0 Å². The number of nitrogens with one attached hydrogen (secondary N) is 1. The molecule has 1 aromatic rings. The summed E-state index contributed by atoms with van der Waals surface area (Å²) in [4.78, 5) is 11.7. The van der Waals surface area contributed by atoms with Gasteiger partial charge in [-0.25, -0.2) is 0 Å². The number of rotatable bonds is 7. The number of unbranched alkanes of at least 4 members (excludes halogenated alkanes) is 1. The first-order valence-corrected chi connectivity index (χ1v) is 7.30. The second kappa shape index (κ2) is 7.93. The number of methoxy groups -OCH3 is 1. The minimum absolute atomic E-state index is 0.134. The Morgan fingerprint density at radius 1 is 1.15 bits per heavy atom. The van der Waals surface area contributed by atoms with Crippen LogP contribution in [-0.4, -0.2) is 13.0 Å². The molecule has 1 amide bonds. The van der Waals surface area contributed by atoms with Crippen LogP contribution in [0, 0.1) is 5.41 Å². The number of hydrogen-bond donors (Lipinski definition) is 1. The Morgan fingerprint density at radius 2 is 1.80 bits per heavy atom. The van der Waals surface area contributed by atoms with Crippen LogP contribution in [0.15, 0.2) is 24.3 Å². The second-order valence-corrected chi connectivity index (χ2v) is 6.39. The maximum atomic E-state index is 11.7. The van der Waals surface area contributed by atoms with Crippen molar-refractivity contribution >= 4 is 5.91 Å². The van der Waals surface area contributed by atoms with Gasteiger partial charge in [0.05, 0.1) is 7.11 Å². The third-order valence-corrected chi connectivity index (χ3v) is 3.23. The van der Waals surface area contributed by atoms with Gasteiger partial charge < -0.3 is 10.1 Å². The number of carbonyl (C=O) groups excluding carboxylic acids is 1. The van der Waals surface area contributed by atoms with Crippen LogP contribution in [0.3, 0.4) is 0 Å². The van der Waals surface area contributed by atoms with Crippen LogP contribution in [0.4, 0.5) is 0 Å². The van der Waals surface area contributed by atoms with E-state index in [2.05, 4.69) is 26.1 Å². The van der Waals surface area contributed by atoms with E-state index >= 15 is 0 Å². The molecule has 20 heavy (non-hydrogen) atoms. The molecule has 1 rings (SSSR count). The van der Waals surface area contributed by atoms with E-state index < -0.39 is 0 Å². The van der Waals surface area contributed by atoms with Gasteiger partial charge in [-0.2, -0.15) is 0 Å². The van der Waals surface area contributed by atoms with Crippen LogP contribution < -0.4 is 10.1 Å². The fourth-order valence-electron chi connectivity index (χ4n) is 1.97. The summed E-state index contributed by atoms with van der Waals surface area (Å²) < 4.78 is 5.10. The first-order valence-electron chi connectivity index (χ1n) is 7.30. The molecule has 0 heterocycles. The highest BCUT2D eigenvalue weighted by Gasteiger charge is 2.09. The van der Waals surface area contributed by atoms with Gasteiger partial charge in [0.15, 0.2) is 0 Å². The minimum atomic E-state index is 0.134. The summed E-state index contributed by atoms with van der Waals surface area (Å²) in [7, 11) is 1.65. The lowest BCUT2D eigenvalue weighted by Gasteiger charge is -2.17. The van der Waals surface area contributed by atoms with Gasteiger partial charge >= 0.3 is 0 Å². The molecule has 112 valence electrons. The first-order chi connectivity index (χ1) is 9.40. The monoisotopic (exact) mass is 277 g/mol. The van der Waals surface area contributed by atoms with Gasteiger partial charge in [-0.1, -0.05) is 39.3 Å². The van der Waals surface area contributed by atoms with Crippen molar-refractivity contribution in [2.24, 2.45) is 5.41 Å². The molecule has 0 aliphatic carbocycles. The molecule has 0 saturated heterocycles. The number of carbonyl (C=O) groups is 1. The van der Waals surface area contributed by atoms with Crippen molar-refractivity contribution in [2.45, 2.75) is 53.0 Å². The van der Waals surface area contributed by atoms with Crippen molar-refractivity contribution in [2.75, 3.05) is 7.11 Å². The maximum Gasteiger partial charge on any atom is 0.220 e. The molecular formula is C17H27NO2. The van der Waals surface area contributed by atoms with Crippen molar-refractivity contribution in [3.63, 3.8) is 0 Å². The van der Waals surface area contributed by atoms with Gasteiger partial charge in [-0.15, -0.1) is 0 Å². The highest BCUT2D eigenvalue weighted by atomic mass is 16.5. The molecule has 0 aliphatic rings. The predicted molar refractivity (Wildman–Crippen MR) is 82.8 cm³/mol. The largest absolute Gasteiger partial charge is 0.497 e. The SMILES string of the molecule is COc1ccc(CNC(=O)CCCCC(C)(C)C)cc1. The zero-order valence-corrected chi connectivity index (χ0v) is 13.2. The van der Waals surface area contributed by atoms with Crippen molar-refractivity contribution in [1.82, 2.24) is 5.32 Å². The molecule has 0 atom stereocenters. The summed E-state index contributed by atoms with van der Waals surface area (Å²) in [6.07, 6.45) is 3.86. The van der Waals surface area contributed by atoms with E-state index in [0.29, 0.717) is 18.4 Å². The van der Waals surface area contributed by atoms with Gasteiger partial charge in [0.1, 0.15) is 5.75 Å². The summed E-state index contributed by atoms with van der Waals surface area (Å²) in [6.45, 7) is 7.28. The minimum Gasteiger partial charge on any atom is -0.497 e. The summed E-state index contributed by atoms with van der Waals surface area (Å²) in [5, 5.41) is 2.95. The number of ether oxygens (including phenoxy) is 1. The van der Waals surface area contributed by atoms with Gasteiger partial charge in [-0.05, 0) is 36.0 Å². The van der Waals surface area contributed by atoms with Gasteiger partial charge in [0.25, 0.3) is 0 Å². The second-order valence-electron chi connectivity index (χ2n) is 6.39. The lowest BCUT2D eigenvalue weighted by atomic mass is 9.89. The Morgan fingerprint density at radius 3 is 2.35 bits per heavy atom. The lowest BCUT2D eigenvalue weighted by Crippen LogP contribution is -2.22. The van der Waals surface area contributed by atoms with Crippen LogP contribution in [0.1, 0.15) is 52.0 Å². The zero-order chi connectivity index (χ0) is 15.0. The van der Waals surface area contributed by atoms with Crippen LogP contribution >= 0.6 is 0 Å². The molecule has 0 fully saturated rings. The Kier molecular flexibility index (Phi) is 6.56. The summed E-state index contributed by atoms with van der Waals surface area (Å²) >= 11 is 0. The number of amides is 1. The van der Waals surface area contributed by atoms with E-state index in [1.165, 1.54) is 6.42 Å². The topological polar surface area (TPSA) is 38.3 Å². The molecular weight excluding hydrogens is 250 g/mol. The van der Waals surface area contributed by atoms with E-state index in [0.717, 1.165) is 24.2 Å². The molecule has 1 N–H and O–H groups in total. The fourth-order valence-corrected chi connectivity index (χ4v) is 1.97. The molecule has 0 spiro atoms. The molecule has 0 bridgehead atoms. The van der Waals surface area contributed by atoms with Gasteiger partial charge in [-0.3, -0.25) is 4.79 Å². The Balaban J connectivity index is 2.19. The van der Waals surface area contributed by atoms with Gasteiger partial charge in [0, 0.05) is 13.0 Å². The molecule has 0 aliphatic heterocycles. The smallest absolute Gasteiger partial charge is 0.220 e. The van der Waals surface area contributed by atoms with E-state index in [4.69, 9.17) is 4.74 Å². The molecule has 0 unspecified atom stereocenters. The average molecular weight is 277 g/mol. The van der Waals surface area contributed by atoms with Gasteiger partial charge in [0.2, 0.25) is 5.91 Å². The number of hydrogen-bond acceptors (Lipinski definition) is 2. The van der Waals surface area contributed by atoms with E-state index in [1.807, 2.05) is 24.3 Å². The van der Waals surface area contributed by atoms with Crippen molar-refractivity contribution in [3.8, 4) is 5.75 Å². The Hall–Kier alpha value is -1.51. The van der Waals surface area contributed by atoms with E-state index in [1.54, 1.807) is 7.11 Å². The fraction of sp³-hybridized carbons (Fsp3) is 0.588. The molecule has 1 aromatic carbocycles. The van der Waals surface area contributed by atoms with Crippen LogP contribution in [0.5, 0.6) is 5.75 Å². The molecule has 3 nitrogen and oxygen atoms in total. The normalized spacial score (nSPS) is 11.2. The molecule has 3 heteroatoms. The third-order valence-electron chi connectivity index (χ3n) is 3.23. The predicted octanol–water partition coefficient (Wildman–Crippen LogP) is 3.92. The van der Waals surface area contributed by atoms with Crippen molar-refractivity contribution < 1.29 is 9.53 Å². The first kappa shape index (κ1) is 16.5. The summed E-state index contributed by atoms with van der Waals surface area (Å²) in [6, 6.07) is 7.76. The molecule has 0 aromatic heterocycles. The highest BCUT2D eigenvalue weighted by molar-refractivity contribution is 5.75. The van der Waals surface area contributed by atoms with Crippen molar-refractivity contribution in [3.05, 3.63) is 29.8 Å². The van der Waals surface area contributed by atoms with Crippen LogP contribution in [-0.2, 0) is 11.3 Å². The maximum absolute atomic E-state index is 11.7. The molecule has 0 radical (unpaired) electrons. The lowest BCUT2D eigenvalue weighted by molar-refractivity contribution is -0.121. The third kappa shape index (κ3) is 7.17. The van der Waals surface area contributed by atoms with Crippen LogP contribution in [0.2, 0.25) is 0 Å². The van der Waals surface area contributed by atoms with E-state index in [9.17, 15) is 4.79 Å². The van der Waals surface area contributed by atoms with Crippen LogP contribution in [0.25, 0.3) is 0 Å². The Bertz CT molecular complexity index is 404. The average Bonchev–Trinajstić information content (AvgIpc) is 2.41. The zero-order valence-electron chi connectivity index (χ0n) is 13.2. The highest BCUT2D eigenvalue weighted by Crippen LogP contribution is 2.21. The number of benzene rings is 1. The summed E-state index contributed by atoms with van der Waals surface area (Å²) in [5.41, 5.74) is 1.45. The quantitative estimate of drug-likeness (QED) is 0.767. The summed E-state index contributed by atoms with van der Waals surface area (Å²) in [5.74, 6) is 0.969. The molecule has 0 saturated carbocycles. The van der Waals surface area contributed by atoms with E-state index in [-0.39, 0.29) is 5.91 Å². The Labute approximate surface area is 122 Å².